The summed E-state index contributed by atoms with van der Waals surface area (Å²) in [4.78, 5) is 30.5. The number of aryl methyl sites for hydroxylation is 1. The van der Waals surface area contributed by atoms with Crippen molar-refractivity contribution in [1.82, 2.24) is 9.55 Å². The number of carbonyl (C=O) groups excluding carboxylic acids is 1. The second-order valence-corrected chi connectivity index (χ2v) is 9.48. The molecule has 0 atom stereocenters. The van der Waals surface area contributed by atoms with Gasteiger partial charge in [0.15, 0.2) is 5.82 Å². The van der Waals surface area contributed by atoms with E-state index < -0.39 is 21.6 Å². The number of methoxy groups -OCH3 is 2. The Morgan fingerprint density at radius 3 is 2.32 bits per heavy atom. The van der Waals surface area contributed by atoms with Crippen LogP contribution in [0.3, 0.4) is 0 Å². The van der Waals surface area contributed by atoms with Crippen LogP contribution in [0.1, 0.15) is 17.5 Å². The Morgan fingerprint density at radius 1 is 1.03 bits per heavy atom. The zero-order valence-electron chi connectivity index (χ0n) is 18.9. The lowest BCUT2D eigenvalue weighted by molar-refractivity contribution is -0.136. The molecule has 0 radical (unpaired) electrons. The quantitative estimate of drug-likeness (QED) is 0.516. The predicted octanol–water partition coefficient (Wildman–Crippen LogP) is 2.70. The van der Waals surface area contributed by atoms with Crippen molar-refractivity contribution in [3.05, 3.63) is 81.7 Å². The van der Waals surface area contributed by atoms with Crippen LogP contribution in [0.4, 0.5) is 5.82 Å². The molecule has 0 spiro atoms. The molecule has 4 rings (SSSR count). The van der Waals surface area contributed by atoms with Gasteiger partial charge in [-0.05, 0) is 43.7 Å². The third-order valence-electron chi connectivity index (χ3n) is 5.46. The van der Waals surface area contributed by atoms with Gasteiger partial charge in [0, 0.05) is 12.1 Å². The van der Waals surface area contributed by atoms with Crippen molar-refractivity contribution in [1.29, 1.82) is 0 Å². The fraction of sp³-hybridized carbons (Fsp3) is 0.208. The molecule has 2 aromatic carbocycles. The van der Waals surface area contributed by atoms with Crippen LogP contribution in [0.15, 0.2) is 69.9 Å². The van der Waals surface area contributed by atoms with Gasteiger partial charge in [-0.2, -0.15) is 4.98 Å². The van der Waals surface area contributed by atoms with Crippen LogP contribution < -0.4 is 14.6 Å². The summed E-state index contributed by atoms with van der Waals surface area (Å²) >= 11 is 0. The van der Waals surface area contributed by atoms with Crippen LogP contribution in [0, 0.1) is 6.92 Å². The maximum Gasteiger partial charge on any atom is 0.333 e. The largest absolute Gasteiger partial charge is 0.468 e. The van der Waals surface area contributed by atoms with Crippen molar-refractivity contribution in [2.45, 2.75) is 18.2 Å². The Balaban J connectivity index is 2.00. The number of hydrogen-bond acceptors (Lipinski definition) is 7. The van der Waals surface area contributed by atoms with Gasteiger partial charge in [-0.3, -0.25) is 4.79 Å². The molecule has 10 heteroatoms. The van der Waals surface area contributed by atoms with Crippen molar-refractivity contribution in [2.24, 2.45) is 0 Å². The molecule has 0 saturated carbocycles. The molecule has 176 valence electrons. The van der Waals surface area contributed by atoms with Crippen LogP contribution in [0.2, 0.25) is 0 Å². The van der Waals surface area contributed by atoms with Gasteiger partial charge in [-0.1, -0.05) is 35.9 Å². The Morgan fingerprint density at radius 2 is 1.71 bits per heavy atom. The van der Waals surface area contributed by atoms with Crippen molar-refractivity contribution in [2.75, 3.05) is 25.1 Å². The first-order chi connectivity index (χ1) is 16.3. The lowest BCUT2D eigenvalue weighted by Gasteiger charge is -2.24. The van der Waals surface area contributed by atoms with Crippen LogP contribution in [0.25, 0.3) is 11.8 Å². The molecule has 0 unspecified atom stereocenters. The van der Waals surface area contributed by atoms with E-state index in [0.29, 0.717) is 5.69 Å². The first-order valence-corrected chi connectivity index (χ1v) is 11.9. The summed E-state index contributed by atoms with van der Waals surface area (Å²) in [6.07, 6.45) is 1.38. The van der Waals surface area contributed by atoms with Gasteiger partial charge in [0.25, 0.3) is 15.6 Å². The number of aromatic nitrogens is 2. The minimum absolute atomic E-state index is 0.0290. The highest BCUT2D eigenvalue weighted by Gasteiger charge is 2.33. The summed E-state index contributed by atoms with van der Waals surface area (Å²) in [7, 11) is -1.54. The SMILES string of the molecule is COC(=O)C1=Cc2c(nc(OC)n(-c3ccccc3)c2=O)N(S(=O)(=O)c2ccc(C)cc2)CC1. The number of benzene rings is 2. The summed E-state index contributed by atoms with van der Waals surface area (Å²) in [5.41, 5.74) is 0.896. The Kier molecular flexibility index (Phi) is 6.25. The zero-order valence-corrected chi connectivity index (χ0v) is 19.7. The van der Waals surface area contributed by atoms with Gasteiger partial charge in [-0.25, -0.2) is 22.1 Å². The highest BCUT2D eigenvalue weighted by molar-refractivity contribution is 7.92. The molecule has 9 nitrogen and oxygen atoms in total. The normalized spacial score (nSPS) is 13.5. The molecule has 0 saturated heterocycles. The number of esters is 1. The molecule has 1 aliphatic heterocycles. The summed E-state index contributed by atoms with van der Waals surface area (Å²) in [5.74, 6) is -0.768. The number of fused-ring (bicyclic) bond motifs is 1. The van der Waals surface area contributed by atoms with Crippen molar-refractivity contribution in [3.63, 3.8) is 0 Å². The first kappa shape index (κ1) is 23.2. The maximum absolute atomic E-state index is 13.7. The maximum atomic E-state index is 13.7. The second kappa shape index (κ2) is 9.14. The average Bonchev–Trinajstić information content (AvgIpc) is 3.04. The summed E-state index contributed by atoms with van der Waals surface area (Å²) in [6, 6.07) is 14.9. The molecule has 1 aliphatic rings. The topological polar surface area (TPSA) is 108 Å². The highest BCUT2D eigenvalue weighted by atomic mass is 32.2. The zero-order chi connectivity index (χ0) is 24.5. The summed E-state index contributed by atoms with van der Waals surface area (Å²) in [6.45, 7) is 1.73. The van der Waals surface area contributed by atoms with Crippen molar-refractivity contribution < 1.29 is 22.7 Å². The molecule has 0 amide bonds. The number of ether oxygens (including phenoxy) is 2. The summed E-state index contributed by atoms with van der Waals surface area (Å²) < 4.78 is 39.7. The monoisotopic (exact) mass is 481 g/mol. The number of sulfonamides is 1. The number of nitrogens with zero attached hydrogens (tertiary/aromatic N) is 3. The van der Waals surface area contributed by atoms with Crippen LogP contribution >= 0.6 is 0 Å². The Hall–Kier alpha value is -3.92. The number of carbonyl (C=O) groups is 1. The van der Waals surface area contributed by atoms with E-state index >= 15 is 0 Å². The molecule has 0 bridgehead atoms. The van der Waals surface area contributed by atoms with Gasteiger partial charge < -0.3 is 9.47 Å². The van der Waals surface area contributed by atoms with E-state index in [1.807, 2.05) is 6.92 Å². The second-order valence-electron chi connectivity index (χ2n) is 7.61. The predicted molar refractivity (Wildman–Crippen MR) is 127 cm³/mol. The molecule has 1 aromatic heterocycles. The molecule has 34 heavy (non-hydrogen) atoms. The smallest absolute Gasteiger partial charge is 0.333 e. The Bertz CT molecular complexity index is 1430. The van der Waals surface area contributed by atoms with Gasteiger partial charge in [0.1, 0.15) is 0 Å². The Labute approximate surface area is 196 Å². The molecular formula is C24H23N3O6S. The van der Waals surface area contributed by atoms with Crippen molar-refractivity contribution in [3.8, 4) is 11.7 Å². The lowest BCUT2D eigenvalue weighted by Crippen LogP contribution is -2.35. The first-order valence-electron chi connectivity index (χ1n) is 10.4. The molecule has 2 heterocycles. The van der Waals surface area contributed by atoms with E-state index in [2.05, 4.69) is 4.98 Å². The fourth-order valence-corrected chi connectivity index (χ4v) is 5.13. The van der Waals surface area contributed by atoms with Gasteiger partial charge in [-0.15, -0.1) is 0 Å². The van der Waals surface area contributed by atoms with E-state index in [0.717, 1.165) is 9.87 Å². The number of hydrogen-bond donors (Lipinski definition) is 0. The summed E-state index contributed by atoms with van der Waals surface area (Å²) in [5, 5.41) is 0. The third-order valence-corrected chi connectivity index (χ3v) is 7.26. The van der Waals surface area contributed by atoms with Gasteiger partial charge >= 0.3 is 12.0 Å². The third kappa shape index (κ3) is 4.08. The van der Waals surface area contributed by atoms with E-state index in [-0.39, 0.29) is 40.8 Å². The highest BCUT2D eigenvalue weighted by Crippen LogP contribution is 2.32. The van der Waals surface area contributed by atoms with Crippen LogP contribution in [0.5, 0.6) is 6.01 Å². The molecule has 3 aromatic rings. The molecule has 0 fully saturated rings. The molecular weight excluding hydrogens is 458 g/mol. The van der Waals surface area contributed by atoms with Crippen LogP contribution in [-0.2, 0) is 19.6 Å². The minimum atomic E-state index is -4.11. The fourth-order valence-electron chi connectivity index (χ4n) is 3.70. The lowest BCUT2D eigenvalue weighted by atomic mass is 10.1. The number of anilines is 1. The molecule has 0 aliphatic carbocycles. The van der Waals surface area contributed by atoms with E-state index in [1.54, 1.807) is 42.5 Å². The molecule has 0 N–H and O–H groups in total. The van der Waals surface area contributed by atoms with Crippen molar-refractivity contribution >= 4 is 27.9 Å². The standard InChI is InChI=1S/C24H23N3O6S/c1-16-9-11-19(12-10-16)34(30,31)26-14-13-17(23(29)32-2)15-20-21(26)25-24(33-3)27(22(20)28)18-7-5-4-6-8-18/h4-12,15H,13-14H2,1-3H3. The minimum Gasteiger partial charge on any atom is -0.468 e. The average molecular weight is 482 g/mol. The van der Waals surface area contributed by atoms with E-state index in [4.69, 9.17) is 9.47 Å². The number of rotatable bonds is 5. The van der Waals surface area contributed by atoms with E-state index in [9.17, 15) is 18.0 Å². The van der Waals surface area contributed by atoms with Gasteiger partial charge in [0.2, 0.25) is 0 Å². The van der Waals surface area contributed by atoms with E-state index in [1.165, 1.54) is 37.0 Å². The van der Waals surface area contributed by atoms with Crippen LogP contribution in [-0.4, -0.2) is 44.7 Å². The number of para-hydroxylation sites is 1. The van der Waals surface area contributed by atoms with Gasteiger partial charge in [0.05, 0.1) is 30.4 Å².